The molecule has 0 amide bonds. The smallest absolute Gasteiger partial charge is 0.330 e. The molecule has 3 unspecified atom stereocenters. The van der Waals surface area contributed by atoms with Crippen LogP contribution in [-0.2, 0) is 11.3 Å². The van der Waals surface area contributed by atoms with Crippen LogP contribution >= 0.6 is 0 Å². The van der Waals surface area contributed by atoms with Gasteiger partial charge in [0.25, 0.3) is 5.56 Å². The first-order chi connectivity index (χ1) is 14.4. The number of nitrogens with two attached hydrogens (primary N) is 1. The number of hydrogen-bond donors (Lipinski definition) is 4. The number of anilines is 1. The quantitative estimate of drug-likeness (QED) is 0.366. The highest BCUT2D eigenvalue weighted by Gasteiger charge is 2.35. The maximum Gasteiger partial charge on any atom is 0.330 e. The summed E-state index contributed by atoms with van der Waals surface area (Å²) >= 11 is 0. The summed E-state index contributed by atoms with van der Waals surface area (Å²) in [5.74, 6) is 6.09. The van der Waals surface area contributed by atoms with Crippen molar-refractivity contribution in [2.75, 3.05) is 12.3 Å². The molecular weight excluding hydrogens is 394 g/mol. The van der Waals surface area contributed by atoms with E-state index < -0.39 is 29.7 Å². The molecule has 3 aromatic rings. The standard InChI is InChI=1S/C18H19N7O5/c1-2-24-12(22-14-15(19)20-8-21-16(14)24)4-3-9-6-25(18(29)23-17(9)28)13-5-10(27)11(7-26)30-13/h6,8,10-11,13,26-27H,2,5,7H2,1H3,(H2,19,20,21)(H,23,28,29). The molecule has 30 heavy (non-hydrogen) atoms. The third kappa shape index (κ3) is 3.35. The van der Waals surface area contributed by atoms with Crippen molar-refractivity contribution in [3.63, 3.8) is 0 Å². The summed E-state index contributed by atoms with van der Waals surface area (Å²) in [6, 6.07) is 0. The average Bonchev–Trinajstić information content (AvgIpc) is 3.27. The maximum atomic E-state index is 12.2. The topological polar surface area (TPSA) is 174 Å². The van der Waals surface area contributed by atoms with Gasteiger partial charge in [0.2, 0.25) is 0 Å². The van der Waals surface area contributed by atoms with Crippen LogP contribution in [0.25, 0.3) is 11.2 Å². The molecule has 1 aliphatic rings. The molecule has 0 aliphatic carbocycles. The van der Waals surface area contributed by atoms with Gasteiger partial charge in [-0.25, -0.2) is 19.7 Å². The summed E-state index contributed by atoms with van der Waals surface area (Å²) in [5.41, 5.74) is 5.41. The van der Waals surface area contributed by atoms with Crippen LogP contribution < -0.4 is 17.0 Å². The Morgan fingerprint density at radius 1 is 1.37 bits per heavy atom. The lowest BCUT2D eigenvalue weighted by molar-refractivity contribution is -0.0459. The summed E-state index contributed by atoms with van der Waals surface area (Å²) in [6.45, 7) is 2.02. The van der Waals surface area contributed by atoms with Gasteiger partial charge in [0.1, 0.15) is 24.2 Å². The molecular formula is C18H19N7O5. The second-order valence-corrected chi connectivity index (χ2v) is 6.68. The average molecular weight is 413 g/mol. The summed E-state index contributed by atoms with van der Waals surface area (Å²) in [6.07, 6.45) is 0.117. The molecule has 12 heteroatoms. The fourth-order valence-electron chi connectivity index (χ4n) is 3.31. The zero-order valence-corrected chi connectivity index (χ0v) is 15.9. The molecule has 4 heterocycles. The highest BCUT2D eigenvalue weighted by molar-refractivity contribution is 5.82. The molecule has 3 atom stereocenters. The van der Waals surface area contributed by atoms with Crippen molar-refractivity contribution in [3.8, 4) is 11.8 Å². The minimum absolute atomic E-state index is 0.00824. The molecule has 1 fully saturated rings. The molecule has 0 bridgehead atoms. The lowest BCUT2D eigenvalue weighted by Crippen LogP contribution is -2.33. The van der Waals surface area contributed by atoms with E-state index in [1.54, 1.807) is 4.57 Å². The molecule has 156 valence electrons. The van der Waals surface area contributed by atoms with Gasteiger partial charge in [-0.15, -0.1) is 0 Å². The minimum Gasteiger partial charge on any atom is -0.394 e. The summed E-state index contributed by atoms with van der Waals surface area (Å²) in [7, 11) is 0. The normalized spacial score (nSPS) is 21.0. The first-order valence-corrected chi connectivity index (χ1v) is 9.21. The Morgan fingerprint density at radius 2 is 2.17 bits per heavy atom. The molecule has 1 aliphatic heterocycles. The van der Waals surface area contributed by atoms with Gasteiger partial charge < -0.3 is 25.3 Å². The van der Waals surface area contributed by atoms with Gasteiger partial charge in [0.05, 0.1) is 12.7 Å². The van der Waals surface area contributed by atoms with E-state index >= 15 is 0 Å². The number of aliphatic hydroxyl groups excluding tert-OH is 2. The third-order valence-electron chi connectivity index (χ3n) is 4.85. The van der Waals surface area contributed by atoms with E-state index in [2.05, 4.69) is 31.8 Å². The van der Waals surface area contributed by atoms with Gasteiger partial charge >= 0.3 is 5.69 Å². The molecule has 5 N–H and O–H groups in total. The maximum absolute atomic E-state index is 12.2. The SMILES string of the molecule is CCn1c(C#Cc2cn(C3CC(O)C(CO)O3)c(=O)[nH]c2=O)nc2c(N)ncnc21. The number of nitrogen functional groups attached to an aromatic ring is 1. The Bertz CT molecular complexity index is 1280. The van der Waals surface area contributed by atoms with Crippen molar-refractivity contribution in [1.29, 1.82) is 0 Å². The van der Waals surface area contributed by atoms with Crippen LogP contribution in [-0.4, -0.2) is 58.1 Å². The van der Waals surface area contributed by atoms with Crippen molar-refractivity contribution >= 4 is 17.0 Å². The highest BCUT2D eigenvalue weighted by Crippen LogP contribution is 2.27. The van der Waals surface area contributed by atoms with Gasteiger partial charge in [-0.2, -0.15) is 0 Å². The summed E-state index contributed by atoms with van der Waals surface area (Å²) in [5, 5.41) is 19.1. The molecule has 12 nitrogen and oxygen atoms in total. The number of aromatic amines is 1. The molecule has 0 saturated carbocycles. The van der Waals surface area contributed by atoms with Crippen LogP contribution in [0.15, 0.2) is 22.1 Å². The minimum atomic E-state index is -0.926. The number of aliphatic hydroxyl groups is 2. The van der Waals surface area contributed by atoms with Crippen LogP contribution in [0.2, 0.25) is 0 Å². The number of hydrogen-bond acceptors (Lipinski definition) is 9. The van der Waals surface area contributed by atoms with Crippen LogP contribution in [0.5, 0.6) is 0 Å². The van der Waals surface area contributed by atoms with Crippen LogP contribution in [0.1, 0.15) is 31.0 Å². The number of nitrogens with zero attached hydrogens (tertiary/aromatic N) is 5. The van der Waals surface area contributed by atoms with Crippen molar-refractivity contribution in [3.05, 3.63) is 44.8 Å². The van der Waals surface area contributed by atoms with Crippen LogP contribution in [0.4, 0.5) is 5.82 Å². The van der Waals surface area contributed by atoms with Crippen molar-refractivity contribution in [2.45, 2.75) is 38.3 Å². The molecule has 0 spiro atoms. The number of ether oxygens (including phenoxy) is 1. The van der Waals surface area contributed by atoms with Crippen LogP contribution in [0.3, 0.4) is 0 Å². The van der Waals surface area contributed by atoms with E-state index in [4.69, 9.17) is 10.5 Å². The number of nitrogens with one attached hydrogen (secondary N) is 1. The number of H-pyrrole nitrogens is 1. The summed E-state index contributed by atoms with van der Waals surface area (Å²) < 4.78 is 8.35. The van der Waals surface area contributed by atoms with E-state index in [0.717, 1.165) is 4.57 Å². The van der Waals surface area contributed by atoms with E-state index in [1.807, 2.05) is 6.92 Å². The van der Waals surface area contributed by atoms with E-state index in [9.17, 15) is 19.8 Å². The predicted molar refractivity (Wildman–Crippen MR) is 104 cm³/mol. The number of aromatic nitrogens is 6. The molecule has 0 aromatic carbocycles. The summed E-state index contributed by atoms with van der Waals surface area (Å²) in [4.78, 5) is 39.0. The van der Waals surface area contributed by atoms with E-state index in [0.29, 0.717) is 23.5 Å². The Balaban J connectivity index is 1.75. The second-order valence-electron chi connectivity index (χ2n) is 6.68. The van der Waals surface area contributed by atoms with Crippen molar-refractivity contribution in [1.82, 2.24) is 29.1 Å². The lowest BCUT2D eigenvalue weighted by Gasteiger charge is -2.14. The molecule has 0 radical (unpaired) electrons. The first kappa shape index (κ1) is 19.8. The fourth-order valence-corrected chi connectivity index (χ4v) is 3.31. The van der Waals surface area contributed by atoms with Gasteiger partial charge in [-0.05, 0) is 12.8 Å². The molecule has 3 aromatic heterocycles. The highest BCUT2D eigenvalue weighted by atomic mass is 16.5. The Morgan fingerprint density at radius 3 is 2.87 bits per heavy atom. The largest absolute Gasteiger partial charge is 0.394 e. The van der Waals surface area contributed by atoms with Gasteiger partial charge in [0, 0.05) is 19.2 Å². The van der Waals surface area contributed by atoms with E-state index in [-0.39, 0.29) is 24.4 Å². The Kier molecular flexibility index (Phi) is 5.08. The van der Waals surface area contributed by atoms with Crippen molar-refractivity contribution < 1.29 is 14.9 Å². The fraction of sp³-hybridized carbons (Fsp3) is 0.389. The monoisotopic (exact) mass is 413 g/mol. The van der Waals surface area contributed by atoms with E-state index in [1.165, 1.54) is 12.5 Å². The number of imidazole rings is 1. The molecule has 1 saturated heterocycles. The first-order valence-electron chi connectivity index (χ1n) is 9.21. The van der Waals surface area contributed by atoms with Gasteiger partial charge in [0.15, 0.2) is 22.8 Å². The van der Waals surface area contributed by atoms with Gasteiger partial charge in [-0.1, -0.05) is 5.92 Å². The van der Waals surface area contributed by atoms with Crippen LogP contribution in [0, 0.1) is 11.8 Å². The lowest BCUT2D eigenvalue weighted by atomic mass is 10.2. The Hall–Kier alpha value is -3.53. The van der Waals surface area contributed by atoms with Crippen molar-refractivity contribution in [2.24, 2.45) is 0 Å². The zero-order valence-electron chi connectivity index (χ0n) is 15.9. The number of rotatable bonds is 3. The predicted octanol–water partition coefficient (Wildman–Crippen LogP) is -1.68. The second kappa shape index (κ2) is 7.71. The molecule has 4 rings (SSSR count). The Labute approximate surface area is 169 Å². The zero-order chi connectivity index (χ0) is 21.4. The third-order valence-corrected chi connectivity index (χ3v) is 4.85. The van der Waals surface area contributed by atoms with Gasteiger partial charge in [-0.3, -0.25) is 14.3 Å². The number of aryl methyl sites for hydroxylation is 1. The number of fused-ring (bicyclic) bond motifs is 1.